The summed E-state index contributed by atoms with van der Waals surface area (Å²) in [5.41, 5.74) is 6.86. The maximum atomic E-state index is 12.0. The molecule has 0 aliphatic carbocycles. The molecule has 0 bridgehead atoms. The van der Waals surface area contributed by atoms with E-state index in [4.69, 9.17) is 19.8 Å². The fourth-order valence-corrected chi connectivity index (χ4v) is 6.01. The Morgan fingerprint density at radius 2 is 0.959 bits per heavy atom. The highest BCUT2D eigenvalue weighted by atomic mass is 32.2. The quantitative estimate of drug-likeness (QED) is 0.0442. The zero-order valence-corrected chi connectivity index (χ0v) is 32.4. The molecule has 49 heavy (non-hydrogen) atoms. The van der Waals surface area contributed by atoms with Crippen LogP contribution in [-0.2, 0) is 29.2 Å². The number of unbranched alkanes of at least 4 members (excludes halogenated alkanes) is 22. The molecule has 286 valence electrons. The molecule has 8 nitrogen and oxygen atoms in total. The van der Waals surface area contributed by atoms with Gasteiger partial charge in [0.2, 0.25) is 0 Å². The maximum absolute atomic E-state index is 12.0. The Morgan fingerprint density at radius 3 is 1.33 bits per heavy atom. The van der Waals surface area contributed by atoms with E-state index in [9.17, 15) is 18.0 Å². The summed E-state index contributed by atoms with van der Waals surface area (Å²) in [5, 5.41) is 0. The summed E-state index contributed by atoms with van der Waals surface area (Å²) in [4.78, 5) is 23.9. The third-order valence-electron chi connectivity index (χ3n) is 8.78. The molecule has 3 N–H and O–H groups in total. The van der Waals surface area contributed by atoms with Crippen molar-refractivity contribution in [3.63, 3.8) is 0 Å². The van der Waals surface area contributed by atoms with Crippen LogP contribution in [0.1, 0.15) is 186 Å². The van der Waals surface area contributed by atoms with Gasteiger partial charge in [-0.2, -0.15) is 8.42 Å². The van der Waals surface area contributed by atoms with E-state index in [-0.39, 0.29) is 23.7 Å². The van der Waals surface area contributed by atoms with Crippen LogP contribution in [0.25, 0.3) is 0 Å². The number of hydrogen-bond donors (Lipinski definition) is 2. The molecule has 0 fully saturated rings. The van der Waals surface area contributed by atoms with Gasteiger partial charge >= 0.3 is 11.9 Å². The highest BCUT2D eigenvalue weighted by molar-refractivity contribution is 7.85. The van der Waals surface area contributed by atoms with Crippen LogP contribution in [0.15, 0.2) is 29.2 Å². The molecule has 1 aromatic rings. The van der Waals surface area contributed by atoms with Crippen molar-refractivity contribution in [2.45, 2.75) is 199 Å². The molecule has 0 aliphatic rings. The molecule has 1 atom stereocenters. The molecule has 0 radical (unpaired) electrons. The minimum atomic E-state index is -4.02. The third kappa shape index (κ3) is 31.7. The van der Waals surface area contributed by atoms with E-state index >= 15 is 0 Å². The van der Waals surface area contributed by atoms with Crippen LogP contribution in [0.2, 0.25) is 0 Å². The Kier molecular flexibility index (Phi) is 31.9. The Labute approximate surface area is 300 Å². The zero-order chi connectivity index (χ0) is 36.4. The monoisotopic (exact) mass is 712 g/mol. The minimum absolute atomic E-state index is 0.0666. The standard InChI is InChI=1S/C33H65NO4.C7H8O3S/c1-3-5-7-9-11-13-15-17-19-21-23-25-29-37-32(35)28-27-31(34)33(36)38-30-26-24-22-20-18-16-14-12-10-8-6-4-2;1-6-2-4-7(5-3-6)11(8,9)10/h31H,3-30,34H2,1-2H3;2-5H,1H3,(H,8,9,10)/t31-;/m0./s1. The average Bonchev–Trinajstić information content (AvgIpc) is 3.07. The number of carbonyl (C=O) groups excluding carboxylic acids is 2. The molecule has 0 spiro atoms. The zero-order valence-electron chi connectivity index (χ0n) is 31.6. The maximum Gasteiger partial charge on any atom is 0.322 e. The first-order chi connectivity index (χ1) is 23.6. The number of rotatable bonds is 31. The fraction of sp³-hybridized carbons (Fsp3) is 0.800. The highest BCUT2D eigenvalue weighted by Crippen LogP contribution is 2.14. The predicted octanol–water partition coefficient (Wildman–Crippen LogP) is 10.8. The lowest BCUT2D eigenvalue weighted by Gasteiger charge is -2.11. The predicted molar refractivity (Wildman–Crippen MR) is 202 cm³/mol. The van der Waals surface area contributed by atoms with E-state index in [2.05, 4.69) is 13.8 Å². The number of benzene rings is 1. The van der Waals surface area contributed by atoms with Crippen LogP contribution in [-0.4, -0.2) is 44.2 Å². The van der Waals surface area contributed by atoms with Gasteiger partial charge in [-0.05, 0) is 38.3 Å². The lowest BCUT2D eigenvalue weighted by Crippen LogP contribution is -2.33. The van der Waals surface area contributed by atoms with Gasteiger partial charge in [-0.15, -0.1) is 0 Å². The van der Waals surface area contributed by atoms with Crippen molar-refractivity contribution in [1.82, 2.24) is 0 Å². The van der Waals surface area contributed by atoms with Crippen molar-refractivity contribution >= 4 is 22.1 Å². The summed E-state index contributed by atoms with van der Waals surface area (Å²) in [6, 6.07) is 5.24. The van der Waals surface area contributed by atoms with Gasteiger partial charge in [0.05, 0.1) is 18.1 Å². The van der Waals surface area contributed by atoms with Crippen molar-refractivity contribution in [3.8, 4) is 0 Å². The van der Waals surface area contributed by atoms with Crippen LogP contribution >= 0.6 is 0 Å². The van der Waals surface area contributed by atoms with Crippen molar-refractivity contribution in [1.29, 1.82) is 0 Å². The molecule has 9 heteroatoms. The largest absolute Gasteiger partial charge is 0.466 e. The van der Waals surface area contributed by atoms with Gasteiger partial charge in [-0.1, -0.05) is 173 Å². The minimum Gasteiger partial charge on any atom is -0.466 e. The summed E-state index contributed by atoms with van der Waals surface area (Å²) in [5.74, 6) is -0.667. The molecule has 0 amide bonds. The molecule has 0 heterocycles. The molecule has 1 aromatic carbocycles. The van der Waals surface area contributed by atoms with Gasteiger partial charge in [0.1, 0.15) is 6.04 Å². The third-order valence-corrected chi connectivity index (χ3v) is 9.65. The average molecular weight is 712 g/mol. The number of hydrogen-bond acceptors (Lipinski definition) is 7. The number of esters is 2. The first-order valence-electron chi connectivity index (χ1n) is 19.7. The molecule has 0 saturated carbocycles. The Bertz CT molecular complexity index is 1010. The molecular weight excluding hydrogens is 639 g/mol. The van der Waals surface area contributed by atoms with Gasteiger partial charge in [0.25, 0.3) is 10.1 Å². The number of aryl methyl sites for hydroxylation is 1. The van der Waals surface area contributed by atoms with Crippen LogP contribution in [0.3, 0.4) is 0 Å². The van der Waals surface area contributed by atoms with E-state index in [1.54, 1.807) is 12.1 Å². The van der Waals surface area contributed by atoms with Gasteiger partial charge in [0.15, 0.2) is 0 Å². The van der Waals surface area contributed by atoms with E-state index in [0.717, 1.165) is 31.2 Å². The summed E-state index contributed by atoms with van der Waals surface area (Å²) in [7, 11) is -4.02. The van der Waals surface area contributed by atoms with Gasteiger partial charge in [-0.25, -0.2) is 0 Å². The van der Waals surface area contributed by atoms with E-state index in [1.807, 2.05) is 6.92 Å². The molecule has 0 aliphatic heterocycles. The Morgan fingerprint density at radius 1 is 0.612 bits per heavy atom. The van der Waals surface area contributed by atoms with E-state index in [1.165, 1.54) is 141 Å². The first kappa shape index (κ1) is 47.0. The van der Waals surface area contributed by atoms with E-state index in [0.29, 0.717) is 13.2 Å². The Hall–Kier alpha value is -1.97. The van der Waals surface area contributed by atoms with Crippen molar-refractivity contribution < 1.29 is 32.0 Å². The Balaban J connectivity index is 0.00000175. The lowest BCUT2D eigenvalue weighted by molar-refractivity contribution is -0.146. The second-order valence-corrected chi connectivity index (χ2v) is 15.0. The van der Waals surface area contributed by atoms with Crippen molar-refractivity contribution in [3.05, 3.63) is 29.8 Å². The number of nitrogens with two attached hydrogens (primary N) is 1. The van der Waals surface area contributed by atoms with Gasteiger partial charge in [-0.3, -0.25) is 14.1 Å². The molecule has 1 rings (SSSR count). The summed E-state index contributed by atoms with van der Waals surface area (Å²) in [6.45, 7) is 7.25. The lowest BCUT2D eigenvalue weighted by atomic mass is 10.1. The van der Waals surface area contributed by atoms with Crippen molar-refractivity contribution in [2.75, 3.05) is 13.2 Å². The second kappa shape index (κ2) is 33.2. The highest BCUT2D eigenvalue weighted by Gasteiger charge is 2.17. The van der Waals surface area contributed by atoms with E-state index < -0.39 is 22.1 Å². The molecular formula is C40H73NO7S. The van der Waals surface area contributed by atoms with Crippen LogP contribution in [0, 0.1) is 6.92 Å². The second-order valence-electron chi connectivity index (χ2n) is 13.6. The van der Waals surface area contributed by atoms with Gasteiger partial charge < -0.3 is 15.2 Å². The SMILES string of the molecule is CCCCCCCCCCCCCCOC(=O)CC[C@H](N)C(=O)OCCCCCCCCCCCCCC.Cc1ccc(S(=O)(=O)O)cc1. The number of ether oxygens (including phenoxy) is 2. The molecule has 0 saturated heterocycles. The van der Waals surface area contributed by atoms with Crippen LogP contribution in [0.4, 0.5) is 0 Å². The van der Waals surface area contributed by atoms with Gasteiger partial charge in [0, 0.05) is 6.42 Å². The number of carbonyl (C=O) groups is 2. The van der Waals surface area contributed by atoms with Crippen LogP contribution in [0.5, 0.6) is 0 Å². The smallest absolute Gasteiger partial charge is 0.322 e. The van der Waals surface area contributed by atoms with Crippen LogP contribution < -0.4 is 5.73 Å². The first-order valence-corrected chi connectivity index (χ1v) is 21.2. The van der Waals surface area contributed by atoms with Crippen molar-refractivity contribution in [2.24, 2.45) is 5.73 Å². The molecule has 0 aromatic heterocycles. The topological polar surface area (TPSA) is 133 Å². The molecule has 0 unspecified atom stereocenters. The summed E-state index contributed by atoms with van der Waals surface area (Å²) < 4.78 is 40.1. The normalized spacial score (nSPS) is 11.9. The fourth-order valence-electron chi connectivity index (χ4n) is 5.53. The summed E-state index contributed by atoms with van der Waals surface area (Å²) in [6.07, 6.45) is 31.2. The summed E-state index contributed by atoms with van der Waals surface area (Å²) >= 11 is 0.